The number of hydrogen-bond donors (Lipinski definition) is 6. The van der Waals surface area contributed by atoms with Crippen LogP contribution in [0.15, 0.2) is 66.7 Å². The topological polar surface area (TPSA) is 213 Å². The Labute approximate surface area is 336 Å². The van der Waals surface area contributed by atoms with Gasteiger partial charge in [0.25, 0.3) is 0 Å². The molecule has 1 fully saturated rings. The first-order valence-electron chi connectivity index (χ1n) is 18.7. The number of carboxylic acid groups (broad SMARTS) is 2. The lowest BCUT2D eigenvalue weighted by atomic mass is 9.81. The number of benzene rings is 3. The van der Waals surface area contributed by atoms with Crippen molar-refractivity contribution >= 4 is 35.5 Å². The number of halogens is 4. The maximum atomic E-state index is 14.3. The summed E-state index contributed by atoms with van der Waals surface area (Å²) in [5.74, 6) is -18.0. The molecular weight excluding hydrogens is 780 g/mol. The Balaban J connectivity index is 1.29. The zero-order valence-corrected chi connectivity index (χ0v) is 32.6. The van der Waals surface area contributed by atoms with E-state index in [2.05, 4.69) is 26.0 Å². The largest absolute Gasteiger partial charge is 0.478 e. The van der Waals surface area contributed by atoms with E-state index in [4.69, 9.17) is 9.84 Å². The number of aromatic carboxylic acids is 1. The monoisotopic (exact) mass is 824 g/mol. The summed E-state index contributed by atoms with van der Waals surface area (Å²) in [6.45, 7) is 7.51. The third-order valence-corrected chi connectivity index (χ3v) is 9.82. The van der Waals surface area contributed by atoms with E-state index >= 15 is 0 Å². The lowest BCUT2D eigenvalue weighted by Crippen LogP contribution is -2.48. The fourth-order valence-electron chi connectivity index (χ4n) is 6.59. The highest BCUT2D eigenvalue weighted by molar-refractivity contribution is 5.98. The van der Waals surface area contributed by atoms with E-state index in [1.165, 1.54) is 30.3 Å². The molecule has 14 nitrogen and oxygen atoms in total. The van der Waals surface area contributed by atoms with Gasteiger partial charge in [-0.15, -0.1) is 0 Å². The Morgan fingerprint density at radius 3 is 2.08 bits per heavy atom. The minimum atomic E-state index is -5.46. The number of anilines is 1. The van der Waals surface area contributed by atoms with Gasteiger partial charge in [0.1, 0.15) is 11.6 Å². The number of H-pyrrole nitrogens is 1. The summed E-state index contributed by atoms with van der Waals surface area (Å²) in [4.78, 5) is 65.1. The molecule has 0 aliphatic heterocycles. The molecule has 0 unspecified atom stereocenters. The van der Waals surface area contributed by atoms with Gasteiger partial charge in [0, 0.05) is 30.1 Å². The van der Waals surface area contributed by atoms with E-state index < -0.39 is 65.0 Å². The van der Waals surface area contributed by atoms with Gasteiger partial charge >= 0.3 is 29.9 Å². The van der Waals surface area contributed by atoms with Gasteiger partial charge in [0.2, 0.25) is 17.6 Å². The molecule has 5 rings (SSSR count). The number of nitrogens with zero attached hydrogens (tertiary/aromatic N) is 2. The molecule has 1 aromatic heterocycles. The van der Waals surface area contributed by atoms with Crippen LogP contribution in [0.4, 0.5) is 28.0 Å². The van der Waals surface area contributed by atoms with Crippen LogP contribution in [-0.2, 0) is 31.5 Å². The van der Waals surface area contributed by atoms with Crippen LogP contribution in [-0.4, -0.2) is 79.4 Å². The van der Waals surface area contributed by atoms with Gasteiger partial charge in [-0.3, -0.25) is 14.7 Å². The highest BCUT2D eigenvalue weighted by Gasteiger charge is 2.65. The first kappa shape index (κ1) is 43.8. The molecular formula is C41H44F4N6O8. The number of aryl methyl sites for hydroxylation is 1. The van der Waals surface area contributed by atoms with Gasteiger partial charge < -0.3 is 30.9 Å². The lowest BCUT2D eigenvalue weighted by Gasteiger charge is -2.29. The van der Waals surface area contributed by atoms with Crippen molar-refractivity contribution in [3.8, 4) is 22.5 Å². The van der Waals surface area contributed by atoms with Gasteiger partial charge in [-0.2, -0.15) is 22.7 Å². The van der Waals surface area contributed by atoms with Crippen LogP contribution in [0.25, 0.3) is 22.5 Å². The van der Waals surface area contributed by atoms with E-state index in [1.807, 2.05) is 12.1 Å². The standard InChI is InChI=1S/C41H44F4N6O8/c1-22-19-28(35(54)55)15-18-30(22)25-9-5-23(6-10-25)20-31(48-33(52)27-11-7-24(8-12-27)21-46-38(58)59-39(2,3)4)34(53)47-29-16-13-26(14-17-29)32-49-36(51-50-32)40(42,43)41(44,45)37(56)57/h5-6,9-10,13-19,24,27,31H,7-8,11-12,20-21H2,1-4H3,(H,46,58)(H,47,53)(H,48,52)(H,54,55)(H,56,57)(H,49,50,51)/t24?,27?,31-/m0/s1. The smallest absolute Gasteiger partial charge is 0.411 e. The number of aromatic amines is 1. The lowest BCUT2D eigenvalue weighted by molar-refractivity contribution is -0.231. The number of nitrogens with one attached hydrogen (secondary N) is 4. The number of amides is 3. The zero-order valence-electron chi connectivity index (χ0n) is 32.6. The first-order chi connectivity index (χ1) is 27.6. The molecule has 18 heteroatoms. The van der Waals surface area contributed by atoms with Gasteiger partial charge in [0.15, 0.2) is 5.82 Å². The number of hydrogen-bond acceptors (Lipinski definition) is 8. The normalized spacial score (nSPS) is 16.4. The first-order valence-corrected chi connectivity index (χ1v) is 18.7. The summed E-state index contributed by atoms with van der Waals surface area (Å²) >= 11 is 0. The predicted octanol–water partition coefficient (Wildman–Crippen LogP) is 6.95. The van der Waals surface area contributed by atoms with E-state index in [1.54, 1.807) is 57.1 Å². The number of rotatable bonds is 14. The Morgan fingerprint density at radius 2 is 1.51 bits per heavy atom. The van der Waals surface area contributed by atoms with Crippen LogP contribution >= 0.6 is 0 Å². The number of alkyl carbamates (subject to hydrolysis) is 1. The second-order valence-electron chi connectivity index (χ2n) is 15.4. The van der Waals surface area contributed by atoms with Crippen molar-refractivity contribution in [1.82, 2.24) is 25.8 Å². The quantitative estimate of drug-likeness (QED) is 0.0720. The number of alkyl halides is 4. The molecule has 3 aromatic carbocycles. The number of ether oxygens (including phenoxy) is 1. The predicted molar refractivity (Wildman–Crippen MR) is 206 cm³/mol. The molecule has 4 aromatic rings. The molecule has 0 radical (unpaired) electrons. The maximum absolute atomic E-state index is 14.3. The fourth-order valence-corrected chi connectivity index (χ4v) is 6.59. The van der Waals surface area contributed by atoms with Crippen LogP contribution in [0.3, 0.4) is 0 Å². The summed E-state index contributed by atoms with van der Waals surface area (Å²) < 4.78 is 61.2. The molecule has 3 amide bonds. The van der Waals surface area contributed by atoms with Gasteiger partial charge in [-0.05, 0) is 118 Å². The maximum Gasteiger partial charge on any atom is 0.411 e. The van der Waals surface area contributed by atoms with E-state index in [-0.39, 0.29) is 35.1 Å². The van der Waals surface area contributed by atoms with E-state index in [9.17, 15) is 46.6 Å². The van der Waals surface area contributed by atoms with Gasteiger partial charge in [0.05, 0.1) is 5.56 Å². The van der Waals surface area contributed by atoms with E-state index in [0.29, 0.717) is 37.8 Å². The Morgan fingerprint density at radius 1 is 0.881 bits per heavy atom. The number of aromatic nitrogens is 3. The summed E-state index contributed by atoms with van der Waals surface area (Å²) in [5.41, 5.74) is 2.91. The number of aliphatic carboxylic acids is 1. The molecule has 59 heavy (non-hydrogen) atoms. The van der Waals surface area contributed by atoms with Crippen LogP contribution in [0.2, 0.25) is 0 Å². The van der Waals surface area contributed by atoms with Crippen LogP contribution in [0.5, 0.6) is 0 Å². The highest BCUT2D eigenvalue weighted by atomic mass is 19.3. The minimum absolute atomic E-state index is 0.0783. The fraction of sp³-hybridized carbons (Fsp3) is 0.390. The Bertz CT molecular complexity index is 2180. The number of carboxylic acids is 2. The van der Waals surface area contributed by atoms with Gasteiger partial charge in [-0.1, -0.05) is 30.3 Å². The van der Waals surface area contributed by atoms with Crippen LogP contribution < -0.4 is 16.0 Å². The van der Waals surface area contributed by atoms with Crippen molar-refractivity contribution in [2.75, 3.05) is 11.9 Å². The second-order valence-corrected chi connectivity index (χ2v) is 15.4. The SMILES string of the molecule is Cc1cc(C(=O)O)ccc1-c1ccc(C[C@H](NC(=O)C2CCC(CNC(=O)OC(C)(C)C)CC2)C(=O)Nc2ccc(-c3n[nH]c(C(F)(F)C(F)(F)C(=O)O)n3)cc2)cc1. The third-order valence-electron chi connectivity index (χ3n) is 9.82. The average molecular weight is 825 g/mol. The molecule has 0 saturated heterocycles. The Hall–Kier alpha value is -6.33. The van der Waals surface area contributed by atoms with Crippen molar-refractivity contribution in [3.63, 3.8) is 0 Å². The number of carbonyl (C=O) groups is 5. The summed E-state index contributed by atoms with van der Waals surface area (Å²) in [6, 6.07) is 16.4. The molecule has 0 bridgehead atoms. The van der Waals surface area contributed by atoms with Crippen molar-refractivity contribution in [2.24, 2.45) is 11.8 Å². The zero-order chi connectivity index (χ0) is 43.3. The summed E-state index contributed by atoms with van der Waals surface area (Å²) in [5, 5.41) is 31.5. The molecule has 314 valence electrons. The van der Waals surface area contributed by atoms with E-state index in [0.717, 1.165) is 16.7 Å². The van der Waals surface area contributed by atoms with Crippen molar-refractivity contribution in [2.45, 2.75) is 83.3 Å². The average Bonchev–Trinajstić information content (AvgIpc) is 3.68. The summed E-state index contributed by atoms with van der Waals surface area (Å²) in [6.07, 6.45) is 1.95. The molecule has 1 saturated carbocycles. The minimum Gasteiger partial charge on any atom is -0.478 e. The van der Waals surface area contributed by atoms with Crippen molar-refractivity contribution < 1.29 is 56.5 Å². The second kappa shape index (κ2) is 17.7. The molecule has 6 N–H and O–H groups in total. The van der Waals surface area contributed by atoms with Crippen molar-refractivity contribution in [1.29, 1.82) is 0 Å². The van der Waals surface area contributed by atoms with Gasteiger partial charge in [-0.25, -0.2) is 19.4 Å². The summed E-state index contributed by atoms with van der Waals surface area (Å²) in [7, 11) is 0. The molecule has 0 spiro atoms. The van der Waals surface area contributed by atoms with Crippen LogP contribution in [0, 0.1) is 18.8 Å². The molecule has 1 atom stereocenters. The van der Waals surface area contributed by atoms with Crippen LogP contribution in [0.1, 0.15) is 73.8 Å². The molecule has 1 heterocycles. The third kappa shape index (κ3) is 10.8. The highest BCUT2D eigenvalue weighted by Crippen LogP contribution is 2.42. The number of carbonyl (C=O) groups excluding carboxylic acids is 3. The molecule has 1 aliphatic carbocycles. The van der Waals surface area contributed by atoms with Crippen molar-refractivity contribution in [3.05, 3.63) is 89.2 Å². The Kier molecular flexibility index (Phi) is 13.1. The molecule has 1 aliphatic rings.